The molecule has 19 heteroatoms. The number of hydrogen-bond acceptors (Lipinski definition) is 15. The quantitative estimate of drug-likeness (QED) is 0.0222. The molecule has 0 aliphatic heterocycles. The molecule has 0 fully saturated rings. The summed E-state index contributed by atoms with van der Waals surface area (Å²) < 4.78 is 68.9. The van der Waals surface area contributed by atoms with Gasteiger partial charge in [0.2, 0.25) is 0 Å². The Labute approximate surface area is 632 Å². The monoisotopic (exact) mass is 1510 g/mol. The van der Waals surface area contributed by atoms with Crippen LogP contribution < -0.4 is 0 Å². The fraction of sp³-hybridized carbons (Fsp3) is 0.952. The molecule has 0 bridgehead atoms. The largest absolute Gasteiger partial charge is 0.472 e. The Morgan fingerprint density at radius 3 is 0.689 bits per heavy atom. The van der Waals surface area contributed by atoms with Gasteiger partial charge in [0.25, 0.3) is 0 Å². The summed E-state index contributed by atoms with van der Waals surface area (Å²) in [6.45, 7) is 14.3. The van der Waals surface area contributed by atoms with E-state index in [0.717, 1.165) is 114 Å². The zero-order chi connectivity index (χ0) is 76.0. The van der Waals surface area contributed by atoms with Crippen LogP contribution in [0.5, 0.6) is 0 Å². The van der Waals surface area contributed by atoms with E-state index in [1.54, 1.807) is 0 Å². The van der Waals surface area contributed by atoms with Gasteiger partial charge in [-0.25, -0.2) is 9.13 Å². The van der Waals surface area contributed by atoms with Gasteiger partial charge >= 0.3 is 39.5 Å². The lowest BCUT2D eigenvalue weighted by atomic mass is 9.99. The first kappa shape index (κ1) is 101. The average Bonchev–Trinajstić information content (AvgIpc) is 0.907. The minimum absolute atomic E-state index is 0.106. The highest BCUT2D eigenvalue weighted by Crippen LogP contribution is 2.45. The maximum Gasteiger partial charge on any atom is 0.472 e. The third-order valence-corrected chi connectivity index (χ3v) is 21.8. The van der Waals surface area contributed by atoms with Crippen molar-refractivity contribution in [3.8, 4) is 0 Å². The molecule has 3 N–H and O–H groups in total. The van der Waals surface area contributed by atoms with Gasteiger partial charge in [0.05, 0.1) is 26.4 Å². The van der Waals surface area contributed by atoms with Crippen molar-refractivity contribution in [3.63, 3.8) is 0 Å². The number of unbranched alkanes of at least 4 members (excludes halogenated alkanes) is 46. The summed E-state index contributed by atoms with van der Waals surface area (Å²) in [5.74, 6) is 1.05. The summed E-state index contributed by atoms with van der Waals surface area (Å²) in [5, 5.41) is 10.7. The maximum absolute atomic E-state index is 13.1. The van der Waals surface area contributed by atoms with E-state index in [1.807, 2.05) is 0 Å². The normalized spacial score (nSPS) is 14.2. The van der Waals surface area contributed by atoms with Crippen molar-refractivity contribution >= 4 is 39.5 Å². The van der Waals surface area contributed by atoms with Crippen molar-refractivity contribution in [1.29, 1.82) is 0 Å². The first-order valence-electron chi connectivity index (χ1n) is 43.2. The van der Waals surface area contributed by atoms with Gasteiger partial charge in [-0.05, 0) is 49.4 Å². The zero-order valence-electron chi connectivity index (χ0n) is 68.0. The van der Waals surface area contributed by atoms with Crippen LogP contribution in [0.25, 0.3) is 0 Å². The molecular formula is C84H164O17P2. The number of ether oxygens (including phenoxy) is 4. The van der Waals surface area contributed by atoms with E-state index >= 15 is 0 Å². The number of esters is 4. The predicted molar refractivity (Wildman–Crippen MR) is 423 cm³/mol. The van der Waals surface area contributed by atoms with E-state index in [9.17, 15) is 43.2 Å². The van der Waals surface area contributed by atoms with Gasteiger partial charge in [-0.2, -0.15) is 0 Å². The number of phosphoric ester groups is 2. The van der Waals surface area contributed by atoms with Crippen LogP contribution in [0.3, 0.4) is 0 Å². The van der Waals surface area contributed by atoms with Crippen molar-refractivity contribution in [3.05, 3.63) is 0 Å². The number of aliphatic hydroxyl groups excluding tert-OH is 1. The summed E-state index contributed by atoms with van der Waals surface area (Å²) >= 11 is 0. The molecule has 6 atom stereocenters. The SMILES string of the molecule is CCC(C)CCCCCCCCCCCCC(=O)O[C@H](COC(=O)CCCCCCCCCCCCC(C)C)COP(=O)(O)OC[C@H](O)COP(=O)(O)OC[C@@H](COC(=O)CCCCCCCCCCCCCCC(C)C)OC(=O)CCCCCCCCCCCCCCCCCCCCC(C)C. The molecule has 0 saturated heterocycles. The Morgan fingerprint density at radius 1 is 0.272 bits per heavy atom. The van der Waals surface area contributed by atoms with Crippen LogP contribution in [0, 0.1) is 23.7 Å². The van der Waals surface area contributed by atoms with Crippen LogP contribution in [0.1, 0.15) is 434 Å². The van der Waals surface area contributed by atoms with E-state index in [-0.39, 0.29) is 25.7 Å². The highest BCUT2D eigenvalue weighted by molar-refractivity contribution is 7.47. The molecule has 612 valence electrons. The lowest BCUT2D eigenvalue weighted by Crippen LogP contribution is -2.30. The summed E-state index contributed by atoms with van der Waals surface area (Å²) in [5.41, 5.74) is 0. The number of phosphoric acid groups is 2. The van der Waals surface area contributed by atoms with Gasteiger partial charge in [0.15, 0.2) is 12.2 Å². The molecular weight excluding hydrogens is 1340 g/mol. The van der Waals surface area contributed by atoms with Gasteiger partial charge < -0.3 is 33.8 Å². The van der Waals surface area contributed by atoms with Crippen molar-refractivity contribution in [2.24, 2.45) is 23.7 Å². The predicted octanol–water partition coefficient (Wildman–Crippen LogP) is 25.2. The Balaban J connectivity index is 5.26. The minimum Gasteiger partial charge on any atom is -0.462 e. The molecule has 0 aromatic heterocycles. The Bertz CT molecular complexity index is 2010. The number of rotatable bonds is 81. The number of aliphatic hydroxyl groups is 1. The first-order chi connectivity index (χ1) is 49.6. The Kier molecular flexibility index (Phi) is 71.5. The molecule has 0 spiro atoms. The zero-order valence-corrected chi connectivity index (χ0v) is 69.7. The fourth-order valence-corrected chi connectivity index (χ4v) is 14.5. The van der Waals surface area contributed by atoms with Crippen molar-refractivity contribution in [1.82, 2.24) is 0 Å². The van der Waals surface area contributed by atoms with Crippen LogP contribution in [0.2, 0.25) is 0 Å². The van der Waals surface area contributed by atoms with Crippen LogP contribution in [0.4, 0.5) is 0 Å². The van der Waals surface area contributed by atoms with Gasteiger partial charge in [0, 0.05) is 25.7 Å². The molecule has 0 rings (SSSR count). The molecule has 17 nitrogen and oxygen atoms in total. The molecule has 0 aliphatic carbocycles. The highest BCUT2D eigenvalue weighted by atomic mass is 31.2. The maximum atomic E-state index is 13.1. The van der Waals surface area contributed by atoms with Crippen molar-refractivity contribution in [2.75, 3.05) is 39.6 Å². The third kappa shape index (κ3) is 76.6. The van der Waals surface area contributed by atoms with Gasteiger partial charge in [0.1, 0.15) is 19.3 Å². The standard InChI is InChI=1S/C84H164O17P2/c1-9-77(8)63-55-47-39-31-25-27-35-43-51-59-67-84(89)101-80(71-95-82(87)65-57-49-41-33-26-24-30-38-46-54-62-76(6)7)73-99-103(92,93)97-69-78(85)68-96-102(90,91)98-72-79(70-94-81(86)64-56-48-40-32-22-19-18-21-29-37-45-53-61-75(4)5)100-83(88)66-58-50-42-34-23-17-15-13-11-10-12-14-16-20-28-36-44-52-60-74(2)3/h74-80,85H,9-73H2,1-8H3,(H,90,91)(H,92,93)/t77?,78-,79-,80-/m1/s1. The smallest absolute Gasteiger partial charge is 0.462 e. The van der Waals surface area contributed by atoms with Gasteiger partial charge in [-0.3, -0.25) is 37.3 Å². The van der Waals surface area contributed by atoms with Crippen LogP contribution >= 0.6 is 15.6 Å². The summed E-state index contributed by atoms with van der Waals surface area (Å²) in [6.07, 6.45) is 61.0. The minimum atomic E-state index is -4.97. The number of carbonyl (C=O) groups is 4. The van der Waals surface area contributed by atoms with Crippen LogP contribution in [-0.2, 0) is 65.4 Å². The van der Waals surface area contributed by atoms with Gasteiger partial charge in [-0.15, -0.1) is 0 Å². The second-order valence-corrected chi connectivity index (χ2v) is 34.8. The molecule has 3 unspecified atom stereocenters. The summed E-state index contributed by atoms with van der Waals surface area (Å²) in [6, 6.07) is 0. The molecule has 0 aromatic rings. The van der Waals surface area contributed by atoms with E-state index < -0.39 is 97.5 Å². The lowest BCUT2D eigenvalue weighted by Gasteiger charge is -2.21. The molecule has 103 heavy (non-hydrogen) atoms. The molecule has 0 amide bonds. The molecule has 0 heterocycles. The first-order valence-corrected chi connectivity index (χ1v) is 46.2. The van der Waals surface area contributed by atoms with E-state index in [1.165, 1.54) is 238 Å². The van der Waals surface area contributed by atoms with E-state index in [2.05, 4.69) is 55.4 Å². The van der Waals surface area contributed by atoms with Crippen molar-refractivity contribution < 1.29 is 80.2 Å². The average molecular weight is 1510 g/mol. The molecule has 0 saturated carbocycles. The van der Waals surface area contributed by atoms with E-state index in [4.69, 9.17) is 37.0 Å². The summed E-state index contributed by atoms with van der Waals surface area (Å²) in [7, 11) is -9.93. The molecule has 0 aromatic carbocycles. The highest BCUT2D eigenvalue weighted by Gasteiger charge is 2.30. The lowest BCUT2D eigenvalue weighted by molar-refractivity contribution is -0.161. The van der Waals surface area contributed by atoms with Crippen LogP contribution in [0.15, 0.2) is 0 Å². The van der Waals surface area contributed by atoms with Crippen LogP contribution in [-0.4, -0.2) is 96.7 Å². The van der Waals surface area contributed by atoms with E-state index in [0.29, 0.717) is 25.7 Å². The number of hydrogen-bond donors (Lipinski definition) is 3. The van der Waals surface area contributed by atoms with Gasteiger partial charge in [-0.1, -0.05) is 383 Å². The molecule has 0 radical (unpaired) electrons. The second-order valence-electron chi connectivity index (χ2n) is 31.9. The Morgan fingerprint density at radius 2 is 0.466 bits per heavy atom. The Hall–Kier alpha value is -1.94. The third-order valence-electron chi connectivity index (χ3n) is 19.9. The number of carbonyl (C=O) groups excluding carboxylic acids is 4. The molecule has 0 aliphatic rings. The fourth-order valence-electron chi connectivity index (χ4n) is 12.9. The summed E-state index contributed by atoms with van der Waals surface area (Å²) in [4.78, 5) is 73.2. The van der Waals surface area contributed by atoms with Crippen molar-refractivity contribution in [2.45, 2.75) is 453 Å². The second kappa shape index (κ2) is 72.9. The topological polar surface area (TPSA) is 237 Å².